The van der Waals surface area contributed by atoms with Crippen LogP contribution < -0.4 is 20.5 Å². The summed E-state index contributed by atoms with van der Waals surface area (Å²) in [5, 5.41) is 0. The first-order valence-electron chi connectivity index (χ1n) is 9.92. The van der Waals surface area contributed by atoms with Crippen LogP contribution in [0.15, 0.2) is 58.4 Å². The average Bonchev–Trinajstić information content (AvgIpc) is 3.03. The number of sulfonamides is 1. The molecule has 0 unspecified atom stereocenters. The number of nitrogens with zero attached hydrogens (tertiary/aromatic N) is 2. The van der Waals surface area contributed by atoms with E-state index in [9.17, 15) is 18.0 Å². The number of hydrogen-bond donors (Lipinski definition) is 3. The van der Waals surface area contributed by atoms with E-state index in [2.05, 4.69) is 39.3 Å². The predicted molar refractivity (Wildman–Crippen MR) is 118 cm³/mol. The Balaban J connectivity index is 1.62. The summed E-state index contributed by atoms with van der Waals surface area (Å²) in [5.41, 5.74) is 6.49. The maximum atomic E-state index is 12.3. The smallest absolute Gasteiger partial charge is 0.269 e. The number of carbonyl (C=O) groups excluding carboxylic acids is 2. The zero-order chi connectivity index (χ0) is 22.6. The van der Waals surface area contributed by atoms with Gasteiger partial charge in [-0.05, 0) is 57.2 Å². The van der Waals surface area contributed by atoms with Crippen LogP contribution in [0.2, 0.25) is 0 Å². The summed E-state index contributed by atoms with van der Waals surface area (Å²) < 4.78 is 26.6. The number of benzene rings is 2. The molecule has 3 N–H and O–H groups in total. The summed E-state index contributed by atoms with van der Waals surface area (Å²) >= 11 is 0. The lowest BCUT2D eigenvalue weighted by atomic mass is 10.2. The van der Waals surface area contributed by atoms with E-state index in [4.69, 9.17) is 0 Å². The summed E-state index contributed by atoms with van der Waals surface area (Å²) in [6.07, 6.45) is 0. The molecule has 0 saturated carbocycles. The molecule has 0 bridgehead atoms. The van der Waals surface area contributed by atoms with E-state index in [0.29, 0.717) is 11.1 Å². The zero-order valence-corrected chi connectivity index (χ0v) is 18.4. The van der Waals surface area contributed by atoms with Crippen LogP contribution in [0.5, 0.6) is 0 Å². The van der Waals surface area contributed by atoms with Crippen molar-refractivity contribution in [3.8, 4) is 0 Å². The fraction of sp³-hybridized carbons (Fsp3) is 0.286. The lowest BCUT2D eigenvalue weighted by molar-refractivity contribution is -0.122. The summed E-state index contributed by atoms with van der Waals surface area (Å²) in [6.45, 7) is 7.33. The minimum absolute atomic E-state index is 0.0940. The monoisotopic (exact) mass is 443 g/mol. The summed E-state index contributed by atoms with van der Waals surface area (Å²) in [6, 6.07) is 12.5. The van der Waals surface area contributed by atoms with Crippen LogP contribution in [0, 0.1) is 0 Å². The van der Waals surface area contributed by atoms with Crippen molar-refractivity contribution in [2.75, 3.05) is 18.0 Å². The number of nitrogens with one attached hydrogen (secondary N) is 3. The Kier molecular flexibility index (Phi) is 6.59. The number of amides is 2. The summed E-state index contributed by atoms with van der Waals surface area (Å²) in [5.74, 6) is -0.952. The van der Waals surface area contributed by atoms with E-state index in [-0.39, 0.29) is 10.7 Å². The van der Waals surface area contributed by atoms with Gasteiger partial charge in [-0.3, -0.25) is 30.2 Å². The van der Waals surface area contributed by atoms with Crippen LogP contribution in [-0.4, -0.2) is 45.2 Å². The molecule has 0 aromatic heterocycles. The Morgan fingerprint density at radius 3 is 2.32 bits per heavy atom. The minimum atomic E-state index is -3.69. The van der Waals surface area contributed by atoms with Gasteiger partial charge in [-0.25, -0.2) is 8.42 Å². The standard InChI is InChI=1S/C21H25N5O4S/c1-4-26(5-2)16-12-10-15(11-13-16)21(28)24-23-20(27)14(3)22-19-17-8-6-7-9-18(17)31(29,30)25-19/h6-14H,4-5H2,1-3H3,(H,22,25)(H,23,27)(H,24,28)/t14-/m0/s1. The average molecular weight is 444 g/mol. The predicted octanol–water partition coefficient (Wildman–Crippen LogP) is 1.42. The number of hydrogen-bond acceptors (Lipinski definition) is 6. The molecule has 1 atom stereocenters. The molecule has 1 heterocycles. The van der Waals surface area contributed by atoms with E-state index in [1.807, 2.05) is 12.1 Å². The first-order valence-corrected chi connectivity index (χ1v) is 11.4. The van der Waals surface area contributed by atoms with Gasteiger partial charge >= 0.3 is 0 Å². The molecule has 9 nitrogen and oxygen atoms in total. The second-order valence-corrected chi connectivity index (χ2v) is 8.57. The van der Waals surface area contributed by atoms with Crippen molar-refractivity contribution in [2.24, 2.45) is 4.99 Å². The lowest BCUT2D eigenvalue weighted by Gasteiger charge is -2.21. The maximum Gasteiger partial charge on any atom is 0.269 e. The third-order valence-corrected chi connectivity index (χ3v) is 6.32. The van der Waals surface area contributed by atoms with Crippen molar-refractivity contribution in [2.45, 2.75) is 31.7 Å². The van der Waals surface area contributed by atoms with Crippen molar-refractivity contribution in [1.82, 2.24) is 15.6 Å². The fourth-order valence-corrected chi connectivity index (χ4v) is 4.43. The molecule has 3 rings (SSSR count). The van der Waals surface area contributed by atoms with Crippen LogP contribution in [-0.2, 0) is 14.8 Å². The van der Waals surface area contributed by atoms with E-state index in [1.54, 1.807) is 30.3 Å². The molecule has 31 heavy (non-hydrogen) atoms. The number of hydrazine groups is 1. The van der Waals surface area contributed by atoms with Crippen molar-refractivity contribution in [3.63, 3.8) is 0 Å². The van der Waals surface area contributed by atoms with Gasteiger partial charge in [0.1, 0.15) is 11.9 Å². The van der Waals surface area contributed by atoms with Gasteiger partial charge in [0.2, 0.25) is 0 Å². The minimum Gasteiger partial charge on any atom is -0.372 e. The molecule has 2 aromatic carbocycles. The molecule has 2 amide bonds. The molecule has 0 radical (unpaired) electrons. The highest BCUT2D eigenvalue weighted by atomic mass is 32.2. The van der Waals surface area contributed by atoms with Crippen LogP contribution in [0.1, 0.15) is 36.7 Å². The molecule has 1 aliphatic heterocycles. The van der Waals surface area contributed by atoms with Crippen LogP contribution in [0.4, 0.5) is 5.69 Å². The van der Waals surface area contributed by atoms with Crippen molar-refractivity contribution in [3.05, 3.63) is 59.7 Å². The Hall–Kier alpha value is -3.40. The van der Waals surface area contributed by atoms with Gasteiger partial charge in [0.25, 0.3) is 21.8 Å². The van der Waals surface area contributed by atoms with Gasteiger partial charge in [0.05, 0.1) is 4.90 Å². The van der Waals surface area contributed by atoms with Crippen LogP contribution in [0.25, 0.3) is 0 Å². The Labute approximate surface area is 181 Å². The van der Waals surface area contributed by atoms with Gasteiger partial charge in [-0.2, -0.15) is 0 Å². The first kappa shape index (κ1) is 22.3. The highest BCUT2D eigenvalue weighted by Crippen LogP contribution is 2.22. The molecular formula is C21H25N5O4S. The Morgan fingerprint density at radius 1 is 1.03 bits per heavy atom. The van der Waals surface area contributed by atoms with Crippen molar-refractivity contribution in [1.29, 1.82) is 0 Å². The molecule has 2 aromatic rings. The van der Waals surface area contributed by atoms with E-state index < -0.39 is 27.9 Å². The number of carbonyl (C=O) groups is 2. The van der Waals surface area contributed by atoms with E-state index in [1.165, 1.54) is 13.0 Å². The Bertz CT molecular complexity index is 1110. The largest absolute Gasteiger partial charge is 0.372 e. The van der Waals surface area contributed by atoms with Gasteiger partial charge in [0.15, 0.2) is 0 Å². The first-order chi connectivity index (χ1) is 14.8. The van der Waals surface area contributed by atoms with Gasteiger partial charge in [-0.1, -0.05) is 12.1 Å². The van der Waals surface area contributed by atoms with Crippen LogP contribution in [0.3, 0.4) is 0 Å². The highest BCUT2D eigenvalue weighted by molar-refractivity contribution is 7.90. The molecule has 0 fully saturated rings. The Morgan fingerprint density at radius 2 is 1.68 bits per heavy atom. The molecular weight excluding hydrogens is 418 g/mol. The second kappa shape index (κ2) is 9.17. The molecule has 10 heteroatoms. The number of fused-ring (bicyclic) bond motifs is 1. The number of anilines is 1. The quantitative estimate of drug-likeness (QED) is 0.584. The fourth-order valence-electron chi connectivity index (χ4n) is 3.19. The topological polar surface area (TPSA) is 120 Å². The zero-order valence-electron chi connectivity index (χ0n) is 17.5. The molecule has 1 aliphatic rings. The summed E-state index contributed by atoms with van der Waals surface area (Å²) in [7, 11) is -3.69. The third kappa shape index (κ3) is 4.85. The van der Waals surface area contributed by atoms with E-state index in [0.717, 1.165) is 18.8 Å². The van der Waals surface area contributed by atoms with E-state index >= 15 is 0 Å². The SMILES string of the molecule is CCN(CC)c1ccc(C(=O)NNC(=O)[C@H](C)N=C2NS(=O)(=O)c3ccccc32)cc1. The second-order valence-electron chi connectivity index (χ2n) is 6.92. The number of amidine groups is 1. The third-order valence-electron chi connectivity index (χ3n) is 4.92. The molecule has 0 saturated heterocycles. The van der Waals surface area contributed by atoms with Crippen molar-refractivity contribution < 1.29 is 18.0 Å². The number of rotatable bonds is 6. The molecule has 164 valence electrons. The van der Waals surface area contributed by atoms with Gasteiger partial charge < -0.3 is 4.90 Å². The van der Waals surface area contributed by atoms with Crippen LogP contribution >= 0.6 is 0 Å². The van der Waals surface area contributed by atoms with Gasteiger partial charge in [0, 0.05) is 29.9 Å². The molecule has 0 aliphatic carbocycles. The summed E-state index contributed by atoms with van der Waals surface area (Å²) in [4.78, 5) is 31.1. The molecule has 0 spiro atoms. The highest BCUT2D eigenvalue weighted by Gasteiger charge is 2.31. The number of aliphatic imine (C=N–C) groups is 1. The lowest BCUT2D eigenvalue weighted by Crippen LogP contribution is -2.45. The van der Waals surface area contributed by atoms with Gasteiger partial charge in [-0.15, -0.1) is 0 Å². The van der Waals surface area contributed by atoms with Crippen molar-refractivity contribution >= 4 is 33.4 Å². The normalized spacial score (nSPS) is 16.2. The maximum absolute atomic E-state index is 12.3.